The molecule has 38 heavy (non-hydrogen) atoms. The minimum absolute atomic E-state index is 0.0270. The molecule has 3 aromatic heterocycles. The summed E-state index contributed by atoms with van der Waals surface area (Å²) in [5, 5.41) is 7.30. The fraction of sp³-hybridized carbons (Fsp3) is 0.517. The maximum Gasteiger partial charge on any atom is 0.268 e. The van der Waals surface area contributed by atoms with Crippen molar-refractivity contribution in [2.24, 2.45) is 0 Å². The van der Waals surface area contributed by atoms with E-state index in [0.717, 1.165) is 55.7 Å². The molecule has 9 nitrogen and oxygen atoms in total. The van der Waals surface area contributed by atoms with E-state index in [1.165, 1.54) is 25.7 Å². The number of nitrogens with one attached hydrogen (secondary N) is 2. The van der Waals surface area contributed by atoms with Crippen LogP contribution in [-0.2, 0) is 5.54 Å². The lowest BCUT2D eigenvalue weighted by Crippen LogP contribution is -2.52. The molecule has 1 spiro atoms. The van der Waals surface area contributed by atoms with E-state index in [9.17, 15) is 4.79 Å². The van der Waals surface area contributed by atoms with Crippen LogP contribution in [0.25, 0.3) is 11.0 Å². The van der Waals surface area contributed by atoms with Crippen molar-refractivity contribution >= 4 is 34.4 Å². The van der Waals surface area contributed by atoms with E-state index in [1.54, 1.807) is 0 Å². The SMILES string of the molecule is C#C.CCCN1CCN(c2ccc(Nc3ncc4cc5n(c4n3)C3(CCCCC3)CNC5=O)nc2)C[C@H]1C. The highest BCUT2D eigenvalue weighted by Gasteiger charge is 2.41. The second-order valence-corrected chi connectivity index (χ2v) is 10.7. The number of rotatable bonds is 5. The fourth-order valence-electron chi connectivity index (χ4n) is 6.33. The molecule has 2 fully saturated rings. The van der Waals surface area contributed by atoms with Gasteiger partial charge in [0, 0.05) is 43.8 Å². The van der Waals surface area contributed by atoms with Crippen molar-refractivity contribution in [3.05, 3.63) is 36.3 Å². The highest BCUT2D eigenvalue weighted by atomic mass is 16.2. The Kier molecular flexibility index (Phi) is 7.52. The molecule has 1 amide bonds. The molecule has 2 N–H and O–H groups in total. The van der Waals surface area contributed by atoms with Crippen molar-refractivity contribution in [1.29, 1.82) is 0 Å². The van der Waals surface area contributed by atoms with E-state index in [2.05, 4.69) is 67.7 Å². The lowest BCUT2D eigenvalue weighted by atomic mass is 9.80. The van der Waals surface area contributed by atoms with E-state index < -0.39 is 0 Å². The Balaban J connectivity index is 0.00000144. The molecule has 3 aromatic rings. The highest BCUT2D eigenvalue weighted by Crippen LogP contribution is 2.40. The Morgan fingerprint density at radius 2 is 1.95 bits per heavy atom. The number of anilines is 3. The van der Waals surface area contributed by atoms with Gasteiger partial charge in [-0.25, -0.2) is 9.97 Å². The monoisotopic (exact) mass is 514 g/mol. The molecule has 6 rings (SSSR count). The summed E-state index contributed by atoms with van der Waals surface area (Å²) < 4.78 is 2.20. The number of fused-ring (bicyclic) bond motifs is 4. The van der Waals surface area contributed by atoms with Crippen molar-refractivity contribution in [2.75, 3.05) is 42.9 Å². The van der Waals surface area contributed by atoms with Gasteiger partial charge in [0.15, 0.2) is 0 Å². The standard InChI is InChI=1S/C27H36N8O.C2H2/c1-3-11-33-12-13-34(17-19(33)2)21-7-8-23(28-16-21)31-26-29-15-20-14-22-25(36)30-18-27(9-5-4-6-10-27)35(22)24(20)32-26;1-2/h7-8,14-16,19H,3-6,9-13,17-18H2,1-2H3,(H,30,36)(H,28,29,31,32);1-2H/t19-;/m1./s1. The smallest absolute Gasteiger partial charge is 0.268 e. The van der Waals surface area contributed by atoms with Gasteiger partial charge in [0.2, 0.25) is 5.95 Å². The molecule has 3 aliphatic rings. The predicted molar refractivity (Wildman–Crippen MR) is 152 cm³/mol. The summed E-state index contributed by atoms with van der Waals surface area (Å²) in [6, 6.07) is 6.59. The molecular weight excluding hydrogens is 476 g/mol. The summed E-state index contributed by atoms with van der Waals surface area (Å²) in [7, 11) is 0. The number of aromatic nitrogens is 4. The first-order chi connectivity index (χ1) is 18.6. The number of carbonyl (C=O) groups is 1. The Hall–Kier alpha value is -3.64. The zero-order chi connectivity index (χ0) is 26.7. The van der Waals surface area contributed by atoms with Crippen LogP contribution >= 0.6 is 0 Å². The lowest BCUT2D eigenvalue weighted by molar-refractivity contribution is 0.0833. The average Bonchev–Trinajstić information content (AvgIpc) is 3.35. The van der Waals surface area contributed by atoms with E-state index in [4.69, 9.17) is 4.98 Å². The molecule has 1 saturated heterocycles. The number of pyridine rings is 1. The van der Waals surface area contributed by atoms with Crippen LogP contribution in [0.1, 0.15) is 62.9 Å². The third-order valence-corrected chi connectivity index (χ3v) is 8.24. The number of nitrogens with zero attached hydrogens (tertiary/aromatic N) is 6. The number of piperazine rings is 1. The van der Waals surface area contributed by atoms with Crippen LogP contribution in [-0.4, -0.2) is 69.1 Å². The van der Waals surface area contributed by atoms with Crippen LogP contribution in [0.4, 0.5) is 17.5 Å². The van der Waals surface area contributed by atoms with E-state index >= 15 is 0 Å². The number of terminal acetylenes is 1. The van der Waals surface area contributed by atoms with Crippen molar-refractivity contribution < 1.29 is 4.79 Å². The van der Waals surface area contributed by atoms with E-state index in [-0.39, 0.29) is 11.4 Å². The number of carbonyl (C=O) groups excluding carboxylic acids is 1. The third kappa shape index (κ3) is 4.81. The molecule has 9 heteroatoms. The molecule has 1 saturated carbocycles. The Bertz CT molecular complexity index is 1290. The van der Waals surface area contributed by atoms with Gasteiger partial charge in [0.25, 0.3) is 5.91 Å². The fourth-order valence-corrected chi connectivity index (χ4v) is 6.33. The normalized spacial score (nSPS) is 20.9. The summed E-state index contributed by atoms with van der Waals surface area (Å²) in [5.41, 5.74) is 2.58. The van der Waals surface area contributed by atoms with Crippen molar-refractivity contribution in [3.8, 4) is 12.8 Å². The Morgan fingerprint density at radius 3 is 2.66 bits per heavy atom. The predicted octanol–water partition coefficient (Wildman–Crippen LogP) is 4.14. The Labute approximate surface area is 225 Å². The topological polar surface area (TPSA) is 91.2 Å². The molecule has 0 radical (unpaired) electrons. The summed E-state index contributed by atoms with van der Waals surface area (Å²) in [4.78, 5) is 31.7. The van der Waals surface area contributed by atoms with Crippen molar-refractivity contribution in [1.82, 2.24) is 29.7 Å². The van der Waals surface area contributed by atoms with E-state index in [1.807, 2.05) is 24.5 Å². The first-order valence-corrected chi connectivity index (χ1v) is 13.8. The third-order valence-electron chi connectivity index (χ3n) is 8.24. The zero-order valence-electron chi connectivity index (χ0n) is 22.5. The quantitative estimate of drug-likeness (QED) is 0.495. The van der Waals surface area contributed by atoms with Gasteiger partial charge in [0.1, 0.15) is 17.2 Å². The largest absolute Gasteiger partial charge is 0.367 e. The summed E-state index contributed by atoms with van der Waals surface area (Å²) in [6.45, 7) is 9.51. The minimum atomic E-state index is -0.0902. The van der Waals surface area contributed by atoms with Crippen molar-refractivity contribution in [3.63, 3.8) is 0 Å². The van der Waals surface area contributed by atoms with Gasteiger partial charge >= 0.3 is 0 Å². The van der Waals surface area contributed by atoms with Crippen LogP contribution < -0.4 is 15.5 Å². The Morgan fingerprint density at radius 1 is 1.13 bits per heavy atom. The second-order valence-electron chi connectivity index (χ2n) is 10.7. The molecule has 1 aliphatic carbocycles. The molecule has 5 heterocycles. The lowest BCUT2D eigenvalue weighted by Gasteiger charge is -2.42. The first-order valence-electron chi connectivity index (χ1n) is 13.8. The summed E-state index contributed by atoms with van der Waals surface area (Å²) >= 11 is 0. The molecular formula is C29H38N8O. The second kappa shape index (κ2) is 11.0. The van der Waals surface area contributed by atoms with Gasteiger partial charge in [-0.05, 0) is 50.9 Å². The maximum absolute atomic E-state index is 12.7. The van der Waals surface area contributed by atoms with Crippen molar-refractivity contribution in [2.45, 2.75) is 64.0 Å². The van der Waals surface area contributed by atoms with Crippen LogP contribution in [0, 0.1) is 12.8 Å². The van der Waals surface area contributed by atoms with E-state index in [0.29, 0.717) is 30.0 Å². The maximum atomic E-state index is 12.7. The molecule has 0 unspecified atom stereocenters. The molecule has 200 valence electrons. The van der Waals surface area contributed by atoms with Gasteiger partial charge in [-0.2, -0.15) is 4.98 Å². The molecule has 1 atom stereocenters. The minimum Gasteiger partial charge on any atom is -0.367 e. The van der Waals surface area contributed by atoms with Crippen LogP contribution in [0.3, 0.4) is 0 Å². The van der Waals surface area contributed by atoms with Gasteiger partial charge in [-0.1, -0.05) is 26.2 Å². The average molecular weight is 515 g/mol. The number of hydrogen-bond donors (Lipinski definition) is 2. The summed E-state index contributed by atoms with van der Waals surface area (Å²) in [6.07, 6.45) is 18.7. The van der Waals surface area contributed by atoms with Gasteiger partial charge in [0.05, 0.1) is 17.4 Å². The molecule has 2 aliphatic heterocycles. The molecule has 0 aromatic carbocycles. The van der Waals surface area contributed by atoms with Gasteiger partial charge < -0.3 is 20.1 Å². The first kappa shape index (κ1) is 26.0. The van der Waals surface area contributed by atoms with Crippen LogP contribution in [0.5, 0.6) is 0 Å². The zero-order valence-corrected chi connectivity index (χ0v) is 22.5. The number of hydrogen-bond acceptors (Lipinski definition) is 7. The van der Waals surface area contributed by atoms with Crippen LogP contribution in [0.15, 0.2) is 30.6 Å². The highest BCUT2D eigenvalue weighted by molar-refractivity contribution is 5.99. The van der Waals surface area contributed by atoms with Crippen LogP contribution in [0.2, 0.25) is 0 Å². The molecule has 0 bridgehead atoms. The number of amides is 1. The van der Waals surface area contributed by atoms with Gasteiger partial charge in [-0.3, -0.25) is 9.69 Å². The van der Waals surface area contributed by atoms with Gasteiger partial charge in [-0.15, -0.1) is 12.8 Å². The summed E-state index contributed by atoms with van der Waals surface area (Å²) in [5.74, 6) is 1.19.